The van der Waals surface area contributed by atoms with E-state index in [0.29, 0.717) is 0 Å². The minimum Gasteiger partial charge on any atom is -0.319 e. The molecule has 2 nitrogen and oxygen atoms in total. The van der Waals surface area contributed by atoms with Gasteiger partial charge in [0.15, 0.2) is 0 Å². The van der Waals surface area contributed by atoms with Crippen molar-refractivity contribution in [1.29, 1.82) is 0 Å². The number of hydrogen-bond acceptors (Lipinski definition) is 1. The maximum atomic E-state index is 4.71. The summed E-state index contributed by atoms with van der Waals surface area (Å²) in [5, 5.41) is 0. The number of benzene rings is 3. The number of rotatable bonds is 6. The molecule has 4 rings (SSSR count). The molecule has 0 aliphatic carbocycles. The van der Waals surface area contributed by atoms with Crippen LogP contribution in [-0.2, 0) is 12.0 Å². The summed E-state index contributed by atoms with van der Waals surface area (Å²) in [5.41, 5.74) is 4.35. The third-order valence-electron chi connectivity index (χ3n) is 5.10. The van der Waals surface area contributed by atoms with Crippen LogP contribution in [0, 0.1) is 0 Å². The summed E-state index contributed by atoms with van der Waals surface area (Å²) >= 11 is 0. The first-order chi connectivity index (χ1) is 13.4. The zero-order chi connectivity index (χ0) is 18.5. The smallest absolute Gasteiger partial charge is 0.121 e. The van der Waals surface area contributed by atoms with Gasteiger partial charge < -0.3 is 4.57 Å². The van der Waals surface area contributed by atoms with Gasteiger partial charge in [-0.25, -0.2) is 4.98 Å². The van der Waals surface area contributed by atoms with Crippen LogP contribution in [0.4, 0.5) is 0 Å². The molecule has 0 fully saturated rings. The first-order valence-electron chi connectivity index (χ1n) is 9.55. The predicted molar refractivity (Wildman–Crippen MR) is 118 cm³/mol. The second kappa shape index (κ2) is 8.90. The Morgan fingerprint density at radius 3 is 1.54 bits per heavy atom. The fourth-order valence-electron chi connectivity index (χ4n) is 3.92. The third kappa shape index (κ3) is 3.48. The van der Waals surface area contributed by atoms with Crippen molar-refractivity contribution in [3.63, 3.8) is 0 Å². The molecule has 1 heterocycles. The summed E-state index contributed by atoms with van der Waals surface area (Å²) in [6.45, 7) is 2.19. The lowest BCUT2D eigenvalue weighted by Crippen LogP contribution is -2.36. The molecule has 0 bridgehead atoms. The van der Waals surface area contributed by atoms with E-state index in [4.69, 9.17) is 4.98 Å². The molecular formula is C25H25ClN2. The van der Waals surface area contributed by atoms with Crippen LogP contribution in [-0.4, -0.2) is 9.55 Å². The molecule has 3 heteroatoms. The van der Waals surface area contributed by atoms with Crippen LogP contribution < -0.4 is 0 Å². The summed E-state index contributed by atoms with van der Waals surface area (Å²) in [5.74, 6) is 0. The molecule has 0 saturated heterocycles. The van der Waals surface area contributed by atoms with E-state index in [-0.39, 0.29) is 12.4 Å². The lowest BCUT2D eigenvalue weighted by Gasteiger charge is -2.37. The Morgan fingerprint density at radius 2 is 1.14 bits per heavy atom. The lowest BCUT2D eigenvalue weighted by atomic mass is 9.77. The molecule has 4 aromatic rings. The van der Waals surface area contributed by atoms with Crippen molar-refractivity contribution in [2.24, 2.45) is 0 Å². The van der Waals surface area contributed by atoms with E-state index < -0.39 is 5.54 Å². The SMILES string of the molecule is CCCc1cn(C(c2ccccc2)(c2ccccc2)c2ccccc2)cn1.Cl. The van der Waals surface area contributed by atoms with Crippen molar-refractivity contribution in [1.82, 2.24) is 9.55 Å². The van der Waals surface area contributed by atoms with Crippen LogP contribution in [0.2, 0.25) is 0 Å². The average Bonchev–Trinajstić information content (AvgIpc) is 3.20. The molecule has 0 amide bonds. The standard InChI is InChI=1S/C25H24N2.ClH/c1-2-12-24-19-27(20-26-24)25(21-13-6-3-7-14-21,22-15-8-4-9-16-22)23-17-10-5-11-18-23;/h3-11,13-20H,2,12H2,1H3;1H. The predicted octanol–water partition coefficient (Wildman–Crippen LogP) is 6.10. The van der Waals surface area contributed by atoms with Crippen molar-refractivity contribution >= 4 is 12.4 Å². The molecular weight excluding hydrogens is 364 g/mol. The maximum Gasteiger partial charge on any atom is 0.121 e. The van der Waals surface area contributed by atoms with Gasteiger partial charge in [-0.05, 0) is 23.1 Å². The van der Waals surface area contributed by atoms with Crippen LogP contribution >= 0.6 is 12.4 Å². The zero-order valence-corrected chi connectivity index (χ0v) is 16.8. The topological polar surface area (TPSA) is 17.8 Å². The van der Waals surface area contributed by atoms with Gasteiger partial charge in [0.1, 0.15) is 5.54 Å². The Morgan fingerprint density at radius 1 is 0.714 bits per heavy atom. The second-order valence-corrected chi connectivity index (χ2v) is 6.83. The molecule has 1 aromatic heterocycles. The molecule has 0 radical (unpaired) electrons. The second-order valence-electron chi connectivity index (χ2n) is 6.83. The number of halogens is 1. The fourth-order valence-corrected chi connectivity index (χ4v) is 3.92. The molecule has 3 aromatic carbocycles. The molecule has 0 unspecified atom stereocenters. The third-order valence-corrected chi connectivity index (χ3v) is 5.10. The summed E-state index contributed by atoms with van der Waals surface area (Å²) in [6.07, 6.45) is 6.27. The normalized spacial score (nSPS) is 11.0. The molecule has 0 aliphatic rings. The van der Waals surface area contributed by atoms with E-state index in [9.17, 15) is 0 Å². The van der Waals surface area contributed by atoms with Gasteiger partial charge in [-0.15, -0.1) is 12.4 Å². The minimum absolute atomic E-state index is 0. The van der Waals surface area contributed by atoms with E-state index in [2.05, 4.69) is 109 Å². The van der Waals surface area contributed by atoms with Crippen LogP contribution in [0.25, 0.3) is 0 Å². The summed E-state index contributed by atoms with van der Waals surface area (Å²) in [7, 11) is 0. The van der Waals surface area contributed by atoms with Gasteiger partial charge in [-0.3, -0.25) is 0 Å². The number of nitrogens with zero attached hydrogens (tertiary/aromatic N) is 2. The van der Waals surface area contributed by atoms with Gasteiger partial charge in [0.25, 0.3) is 0 Å². The minimum atomic E-state index is -0.456. The average molecular weight is 389 g/mol. The number of aromatic nitrogens is 2. The van der Waals surface area contributed by atoms with Crippen LogP contribution in [0.3, 0.4) is 0 Å². The number of imidazole rings is 1. The van der Waals surface area contributed by atoms with Crippen molar-refractivity contribution in [3.05, 3.63) is 126 Å². The van der Waals surface area contributed by atoms with Crippen LogP contribution in [0.1, 0.15) is 35.7 Å². The van der Waals surface area contributed by atoms with Crippen molar-refractivity contribution in [3.8, 4) is 0 Å². The quantitative estimate of drug-likeness (QED) is 0.365. The highest BCUT2D eigenvalue weighted by molar-refractivity contribution is 5.85. The van der Waals surface area contributed by atoms with Gasteiger partial charge in [-0.1, -0.05) is 104 Å². The molecule has 0 aliphatic heterocycles. The van der Waals surface area contributed by atoms with Crippen LogP contribution in [0.5, 0.6) is 0 Å². The van der Waals surface area contributed by atoms with Crippen LogP contribution in [0.15, 0.2) is 104 Å². The van der Waals surface area contributed by atoms with Crippen molar-refractivity contribution in [2.45, 2.75) is 25.3 Å². The Bertz CT molecular complexity index is 882. The van der Waals surface area contributed by atoms with E-state index in [1.165, 1.54) is 16.7 Å². The summed E-state index contributed by atoms with van der Waals surface area (Å²) in [4.78, 5) is 4.71. The lowest BCUT2D eigenvalue weighted by molar-refractivity contribution is 0.514. The van der Waals surface area contributed by atoms with Crippen molar-refractivity contribution in [2.75, 3.05) is 0 Å². The molecule has 0 spiro atoms. The Kier molecular flexibility index (Phi) is 6.33. The van der Waals surface area contributed by atoms with E-state index in [1.807, 2.05) is 6.33 Å². The van der Waals surface area contributed by atoms with Gasteiger partial charge in [-0.2, -0.15) is 0 Å². The molecule has 0 saturated carbocycles. The fraction of sp³-hybridized carbons (Fsp3) is 0.160. The Balaban J connectivity index is 0.00000225. The monoisotopic (exact) mass is 388 g/mol. The van der Waals surface area contributed by atoms with E-state index in [1.54, 1.807) is 0 Å². The molecule has 0 N–H and O–H groups in total. The highest BCUT2D eigenvalue weighted by atomic mass is 35.5. The molecule has 142 valence electrons. The Hall–Kier alpha value is -2.84. The Labute approximate surface area is 173 Å². The van der Waals surface area contributed by atoms with E-state index in [0.717, 1.165) is 18.5 Å². The van der Waals surface area contributed by atoms with Gasteiger partial charge in [0.05, 0.1) is 12.0 Å². The van der Waals surface area contributed by atoms with Gasteiger partial charge in [0.2, 0.25) is 0 Å². The highest BCUT2D eigenvalue weighted by Gasteiger charge is 2.38. The molecule has 28 heavy (non-hydrogen) atoms. The van der Waals surface area contributed by atoms with Gasteiger partial charge >= 0.3 is 0 Å². The first kappa shape index (κ1) is 19.9. The highest BCUT2D eigenvalue weighted by Crippen LogP contribution is 2.40. The zero-order valence-electron chi connectivity index (χ0n) is 16.0. The van der Waals surface area contributed by atoms with Crippen molar-refractivity contribution < 1.29 is 0 Å². The summed E-state index contributed by atoms with van der Waals surface area (Å²) < 4.78 is 2.28. The number of aryl methyl sites for hydroxylation is 1. The van der Waals surface area contributed by atoms with E-state index >= 15 is 0 Å². The first-order valence-corrected chi connectivity index (χ1v) is 9.55. The van der Waals surface area contributed by atoms with Gasteiger partial charge in [0, 0.05) is 6.20 Å². The summed E-state index contributed by atoms with van der Waals surface area (Å²) in [6, 6.07) is 32.1. The molecule has 0 atom stereocenters. The number of hydrogen-bond donors (Lipinski definition) is 0. The largest absolute Gasteiger partial charge is 0.319 e. The maximum absolute atomic E-state index is 4.71.